The highest BCUT2D eigenvalue weighted by Gasteiger charge is 2.35. The van der Waals surface area contributed by atoms with Crippen molar-refractivity contribution in [3.8, 4) is 0 Å². The van der Waals surface area contributed by atoms with Gasteiger partial charge in [-0.3, -0.25) is 4.79 Å². The Morgan fingerprint density at radius 2 is 2.22 bits per heavy atom. The zero-order valence-electron chi connectivity index (χ0n) is 10.3. The molecule has 1 unspecified atom stereocenters. The third-order valence-electron chi connectivity index (χ3n) is 2.96. The van der Waals surface area contributed by atoms with Crippen molar-refractivity contribution >= 4 is 22.7 Å². The number of para-hydroxylation sites is 2. The second-order valence-corrected chi connectivity index (χ2v) is 4.19. The molecule has 0 amide bonds. The van der Waals surface area contributed by atoms with Crippen LogP contribution in [0.5, 0.6) is 0 Å². The molecule has 5 nitrogen and oxygen atoms in total. The summed E-state index contributed by atoms with van der Waals surface area (Å²) in [5.74, 6) is 0.610. The van der Waals surface area contributed by atoms with Gasteiger partial charge < -0.3 is 4.74 Å². The molecule has 1 aromatic heterocycles. The van der Waals surface area contributed by atoms with E-state index in [4.69, 9.17) is 4.74 Å². The van der Waals surface area contributed by atoms with E-state index >= 15 is 0 Å². The summed E-state index contributed by atoms with van der Waals surface area (Å²) in [7, 11) is 0. The highest BCUT2D eigenvalue weighted by atomic mass is 16.5. The van der Waals surface area contributed by atoms with E-state index in [1.54, 1.807) is 4.68 Å². The smallest absolute Gasteiger partial charge is 0.225 e. The predicted molar refractivity (Wildman–Crippen MR) is 67.6 cm³/mol. The van der Waals surface area contributed by atoms with E-state index in [-0.39, 0.29) is 5.78 Å². The molecule has 1 aliphatic heterocycles. The maximum absolute atomic E-state index is 11.8. The zero-order chi connectivity index (χ0) is 12.7. The van der Waals surface area contributed by atoms with Crippen LogP contribution in [-0.2, 0) is 9.53 Å². The normalized spacial score (nSPS) is 17.7. The third kappa shape index (κ3) is 1.44. The number of benzene rings is 1. The SMILES string of the molecule is CCOC1=Nn2c(nc3ccccc32)C1C(C)=O. The average molecular weight is 243 g/mol. The van der Waals surface area contributed by atoms with Crippen LogP contribution < -0.4 is 0 Å². The molecule has 1 aliphatic rings. The summed E-state index contributed by atoms with van der Waals surface area (Å²) in [4.78, 5) is 16.2. The summed E-state index contributed by atoms with van der Waals surface area (Å²) in [6.07, 6.45) is 0. The molecule has 0 bridgehead atoms. The maximum Gasteiger partial charge on any atom is 0.225 e. The minimum Gasteiger partial charge on any atom is -0.479 e. The molecule has 0 spiro atoms. The summed E-state index contributed by atoms with van der Waals surface area (Å²) < 4.78 is 7.14. The minimum absolute atomic E-state index is 0.00347. The number of ether oxygens (including phenoxy) is 1. The van der Waals surface area contributed by atoms with Gasteiger partial charge in [-0.1, -0.05) is 12.1 Å². The first-order chi connectivity index (χ1) is 8.72. The Bertz CT molecular complexity index is 657. The number of ketones is 1. The fourth-order valence-electron chi connectivity index (χ4n) is 2.21. The lowest BCUT2D eigenvalue weighted by Crippen LogP contribution is -2.19. The lowest BCUT2D eigenvalue weighted by Gasteiger charge is -2.07. The van der Waals surface area contributed by atoms with Crippen molar-refractivity contribution < 1.29 is 9.53 Å². The largest absolute Gasteiger partial charge is 0.479 e. The first-order valence-corrected chi connectivity index (χ1v) is 5.92. The summed E-state index contributed by atoms with van der Waals surface area (Å²) >= 11 is 0. The van der Waals surface area contributed by atoms with Gasteiger partial charge in [0.2, 0.25) is 5.90 Å². The van der Waals surface area contributed by atoms with Crippen LogP contribution in [0.15, 0.2) is 29.4 Å². The molecular formula is C13H13N3O2. The average Bonchev–Trinajstić information content (AvgIpc) is 2.84. The monoisotopic (exact) mass is 243 g/mol. The lowest BCUT2D eigenvalue weighted by molar-refractivity contribution is -0.117. The molecule has 2 heterocycles. The third-order valence-corrected chi connectivity index (χ3v) is 2.96. The molecule has 0 saturated carbocycles. The Labute approximate surface area is 104 Å². The number of aromatic nitrogens is 2. The van der Waals surface area contributed by atoms with Gasteiger partial charge in [0.1, 0.15) is 5.78 Å². The number of carbonyl (C=O) groups excluding carboxylic acids is 1. The van der Waals surface area contributed by atoms with Crippen molar-refractivity contribution in [2.24, 2.45) is 5.10 Å². The summed E-state index contributed by atoms with van der Waals surface area (Å²) in [6, 6.07) is 7.68. The molecule has 5 heteroatoms. The lowest BCUT2D eigenvalue weighted by atomic mass is 10.1. The number of hydrogen-bond acceptors (Lipinski definition) is 4. The molecule has 2 aromatic rings. The number of fused-ring (bicyclic) bond motifs is 3. The molecule has 0 N–H and O–H groups in total. The van der Waals surface area contributed by atoms with Gasteiger partial charge in [-0.05, 0) is 26.0 Å². The molecular weight excluding hydrogens is 230 g/mol. The molecule has 0 radical (unpaired) electrons. The number of Topliss-reactive ketones (excluding diaryl/α,β-unsaturated/α-hetero) is 1. The molecule has 0 aliphatic carbocycles. The van der Waals surface area contributed by atoms with Crippen LogP contribution in [-0.4, -0.2) is 27.9 Å². The van der Waals surface area contributed by atoms with Gasteiger partial charge in [-0.15, -0.1) is 5.10 Å². The van der Waals surface area contributed by atoms with Crippen molar-refractivity contribution in [1.29, 1.82) is 0 Å². The van der Waals surface area contributed by atoms with Gasteiger partial charge in [0.15, 0.2) is 11.7 Å². The molecule has 0 saturated heterocycles. The maximum atomic E-state index is 11.8. The number of nitrogens with zero attached hydrogens (tertiary/aromatic N) is 3. The first kappa shape index (κ1) is 11.0. The second kappa shape index (κ2) is 3.94. The van der Waals surface area contributed by atoms with Crippen LogP contribution >= 0.6 is 0 Å². The van der Waals surface area contributed by atoms with Crippen molar-refractivity contribution in [3.63, 3.8) is 0 Å². The topological polar surface area (TPSA) is 56.5 Å². The Hall–Kier alpha value is -2.17. The minimum atomic E-state index is -0.475. The van der Waals surface area contributed by atoms with E-state index in [0.717, 1.165) is 11.0 Å². The number of carbonyl (C=O) groups is 1. The molecule has 92 valence electrons. The van der Waals surface area contributed by atoms with E-state index < -0.39 is 5.92 Å². The summed E-state index contributed by atoms with van der Waals surface area (Å²) in [5, 5.41) is 4.36. The molecule has 3 rings (SSSR count). The van der Waals surface area contributed by atoms with Gasteiger partial charge in [0.25, 0.3) is 0 Å². The molecule has 1 atom stereocenters. The van der Waals surface area contributed by atoms with Crippen molar-refractivity contribution in [2.45, 2.75) is 19.8 Å². The molecule has 1 aromatic carbocycles. The zero-order valence-corrected chi connectivity index (χ0v) is 10.3. The van der Waals surface area contributed by atoms with Crippen molar-refractivity contribution in [2.75, 3.05) is 6.61 Å². The fourth-order valence-corrected chi connectivity index (χ4v) is 2.21. The van der Waals surface area contributed by atoms with Crippen LogP contribution in [0.2, 0.25) is 0 Å². The Morgan fingerprint density at radius 3 is 2.94 bits per heavy atom. The van der Waals surface area contributed by atoms with E-state index in [0.29, 0.717) is 18.3 Å². The van der Waals surface area contributed by atoms with Crippen LogP contribution in [0, 0.1) is 0 Å². The van der Waals surface area contributed by atoms with Gasteiger partial charge in [0, 0.05) is 0 Å². The van der Waals surface area contributed by atoms with Gasteiger partial charge >= 0.3 is 0 Å². The second-order valence-electron chi connectivity index (χ2n) is 4.19. The highest BCUT2D eigenvalue weighted by Crippen LogP contribution is 2.29. The first-order valence-electron chi connectivity index (χ1n) is 5.92. The van der Waals surface area contributed by atoms with Gasteiger partial charge in [-0.2, -0.15) is 0 Å². The number of rotatable bonds is 2. The van der Waals surface area contributed by atoms with Crippen LogP contribution in [0.25, 0.3) is 11.0 Å². The van der Waals surface area contributed by atoms with Crippen LogP contribution in [0.1, 0.15) is 25.6 Å². The quantitative estimate of drug-likeness (QED) is 0.809. The number of imidazole rings is 1. The van der Waals surface area contributed by atoms with E-state index in [9.17, 15) is 4.79 Å². The van der Waals surface area contributed by atoms with Crippen molar-refractivity contribution in [3.05, 3.63) is 30.1 Å². The van der Waals surface area contributed by atoms with E-state index in [2.05, 4.69) is 10.1 Å². The summed E-state index contributed by atoms with van der Waals surface area (Å²) in [5.41, 5.74) is 1.74. The Balaban J connectivity index is 2.20. The molecule has 18 heavy (non-hydrogen) atoms. The van der Waals surface area contributed by atoms with Crippen LogP contribution in [0.4, 0.5) is 0 Å². The van der Waals surface area contributed by atoms with Crippen LogP contribution in [0.3, 0.4) is 0 Å². The number of hydrogen-bond donors (Lipinski definition) is 0. The highest BCUT2D eigenvalue weighted by molar-refractivity contribution is 6.07. The Morgan fingerprint density at radius 1 is 1.44 bits per heavy atom. The van der Waals surface area contributed by atoms with Crippen molar-refractivity contribution in [1.82, 2.24) is 9.66 Å². The summed E-state index contributed by atoms with van der Waals surface area (Å²) in [6.45, 7) is 3.90. The van der Waals surface area contributed by atoms with E-state index in [1.807, 2.05) is 31.2 Å². The molecule has 0 fully saturated rings. The standard InChI is InChI=1S/C13H13N3O2/c1-3-18-13-11(8(2)17)12-14-9-6-4-5-7-10(9)16(12)15-13/h4-7,11H,3H2,1-2H3. The van der Waals surface area contributed by atoms with Gasteiger partial charge in [0.05, 0.1) is 17.6 Å². The predicted octanol–water partition coefficient (Wildman–Crippen LogP) is 1.92. The Kier molecular flexibility index (Phi) is 2.40. The van der Waals surface area contributed by atoms with Gasteiger partial charge in [-0.25, -0.2) is 9.66 Å². The van der Waals surface area contributed by atoms with E-state index in [1.165, 1.54) is 6.92 Å². The fraction of sp³-hybridized carbons (Fsp3) is 0.308.